The third kappa shape index (κ3) is 9.02. The van der Waals surface area contributed by atoms with Gasteiger partial charge in [-0.2, -0.15) is 0 Å². The molecule has 1 atom stereocenters. The maximum absolute atomic E-state index is 5.94. The van der Waals surface area contributed by atoms with Crippen molar-refractivity contribution in [1.82, 2.24) is 20.4 Å². The molecular weight excluding hydrogens is 366 g/mol. The monoisotopic (exact) mass is 405 g/mol. The number of para-hydroxylation sites is 1. The lowest BCUT2D eigenvalue weighted by Crippen LogP contribution is -2.50. The van der Waals surface area contributed by atoms with Gasteiger partial charge < -0.3 is 25.0 Å². The van der Waals surface area contributed by atoms with E-state index in [1.54, 1.807) is 7.05 Å². The largest absolute Gasteiger partial charge is 0.492 e. The lowest BCUT2D eigenvalue weighted by atomic mass is 10.2. The van der Waals surface area contributed by atoms with Crippen LogP contribution in [0.15, 0.2) is 29.3 Å². The highest BCUT2D eigenvalue weighted by molar-refractivity contribution is 5.79. The molecular formula is C22H39N5O2. The average molecular weight is 406 g/mol. The highest BCUT2D eigenvalue weighted by atomic mass is 16.5. The number of nitrogens with zero attached hydrogens (tertiary/aromatic N) is 3. The van der Waals surface area contributed by atoms with Gasteiger partial charge >= 0.3 is 0 Å². The number of ether oxygens (including phenoxy) is 2. The summed E-state index contributed by atoms with van der Waals surface area (Å²) in [5.74, 6) is 2.37. The van der Waals surface area contributed by atoms with Crippen LogP contribution >= 0.6 is 0 Å². The van der Waals surface area contributed by atoms with Crippen molar-refractivity contribution < 1.29 is 9.47 Å². The van der Waals surface area contributed by atoms with Crippen molar-refractivity contribution in [1.29, 1.82) is 0 Å². The van der Waals surface area contributed by atoms with Gasteiger partial charge in [-0.15, -0.1) is 0 Å². The highest BCUT2D eigenvalue weighted by Crippen LogP contribution is 2.17. The van der Waals surface area contributed by atoms with Gasteiger partial charge in [0.25, 0.3) is 0 Å². The predicted molar refractivity (Wildman–Crippen MR) is 120 cm³/mol. The molecule has 0 amide bonds. The molecule has 0 saturated carbocycles. The Morgan fingerprint density at radius 2 is 2.10 bits per heavy atom. The molecule has 0 aliphatic carbocycles. The van der Waals surface area contributed by atoms with E-state index in [9.17, 15) is 0 Å². The Morgan fingerprint density at radius 1 is 1.31 bits per heavy atom. The first-order chi connectivity index (χ1) is 14.0. The van der Waals surface area contributed by atoms with E-state index in [0.717, 1.165) is 56.6 Å². The third-order valence-electron chi connectivity index (χ3n) is 4.78. The van der Waals surface area contributed by atoms with Crippen LogP contribution in [0.4, 0.5) is 0 Å². The SMILES string of the molecule is CN=C(NCc1ccccc1OCCN(C)C)NCC1CN(CC(C)C)CCO1. The van der Waals surface area contributed by atoms with E-state index in [0.29, 0.717) is 19.1 Å². The van der Waals surface area contributed by atoms with Crippen LogP contribution in [0.3, 0.4) is 0 Å². The minimum Gasteiger partial charge on any atom is -0.492 e. The summed E-state index contributed by atoms with van der Waals surface area (Å²) in [5, 5.41) is 6.79. The topological polar surface area (TPSA) is 61.4 Å². The van der Waals surface area contributed by atoms with E-state index in [2.05, 4.69) is 45.3 Å². The van der Waals surface area contributed by atoms with Crippen LogP contribution in [0.5, 0.6) is 5.75 Å². The number of rotatable bonds is 10. The Balaban J connectivity index is 1.79. The van der Waals surface area contributed by atoms with Crippen molar-refractivity contribution in [2.24, 2.45) is 10.9 Å². The maximum Gasteiger partial charge on any atom is 0.191 e. The van der Waals surface area contributed by atoms with Crippen LogP contribution in [0, 0.1) is 5.92 Å². The van der Waals surface area contributed by atoms with Crippen LogP contribution in [0.2, 0.25) is 0 Å². The van der Waals surface area contributed by atoms with Crippen molar-refractivity contribution in [3.8, 4) is 5.75 Å². The summed E-state index contributed by atoms with van der Waals surface area (Å²) in [5.41, 5.74) is 1.12. The predicted octanol–water partition coefficient (Wildman–Crippen LogP) is 1.65. The number of hydrogen-bond acceptors (Lipinski definition) is 5. The lowest BCUT2D eigenvalue weighted by molar-refractivity contribution is -0.0284. The number of guanidine groups is 1. The first-order valence-electron chi connectivity index (χ1n) is 10.6. The van der Waals surface area contributed by atoms with Crippen LogP contribution in [0.1, 0.15) is 19.4 Å². The van der Waals surface area contributed by atoms with Gasteiger partial charge in [-0.25, -0.2) is 0 Å². The van der Waals surface area contributed by atoms with Crippen LogP contribution in [-0.4, -0.2) is 88.9 Å². The fraction of sp³-hybridized carbons (Fsp3) is 0.682. The van der Waals surface area contributed by atoms with Crippen molar-refractivity contribution in [2.75, 3.05) is 67.1 Å². The molecule has 1 aliphatic rings. The van der Waals surface area contributed by atoms with E-state index in [4.69, 9.17) is 9.47 Å². The molecule has 164 valence electrons. The smallest absolute Gasteiger partial charge is 0.191 e. The van der Waals surface area contributed by atoms with Gasteiger partial charge in [0.2, 0.25) is 0 Å². The summed E-state index contributed by atoms with van der Waals surface area (Å²) >= 11 is 0. The Morgan fingerprint density at radius 3 is 2.83 bits per heavy atom. The molecule has 2 N–H and O–H groups in total. The molecule has 0 aromatic heterocycles. The number of hydrogen-bond donors (Lipinski definition) is 2. The zero-order chi connectivity index (χ0) is 21.1. The van der Waals surface area contributed by atoms with Crippen LogP contribution < -0.4 is 15.4 Å². The van der Waals surface area contributed by atoms with Gasteiger partial charge in [0.15, 0.2) is 5.96 Å². The van der Waals surface area contributed by atoms with Crippen molar-refractivity contribution in [3.05, 3.63) is 29.8 Å². The summed E-state index contributed by atoms with van der Waals surface area (Å²) in [4.78, 5) is 8.95. The number of morpholine rings is 1. The lowest BCUT2D eigenvalue weighted by Gasteiger charge is -2.34. The Labute approximate surface area is 176 Å². The van der Waals surface area contributed by atoms with Gasteiger partial charge in [-0.1, -0.05) is 32.0 Å². The fourth-order valence-electron chi connectivity index (χ4n) is 3.33. The minimum absolute atomic E-state index is 0.183. The van der Waals surface area contributed by atoms with E-state index in [-0.39, 0.29) is 6.10 Å². The number of aliphatic imine (C=N–C) groups is 1. The summed E-state index contributed by atoms with van der Waals surface area (Å²) in [6.45, 7) is 11.4. The van der Waals surface area contributed by atoms with Gasteiger partial charge in [-0.05, 0) is 26.1 Å². The highest BCUT2D eigenvalue weighted by Gasteiger charge is 2.21. The molecule has 7 heteroatoms. The number of nitrogens with one attached hydrogen (secondary N) is 2. The third-order valence-corrected chi connectivity index (χ3v) is 4.78. The Hall–Kier alpha value is -1.83. The molecule has 1 aromatic carbocycles. The Kier molecular flexibility index (Phi) is 10.2. The van der Waals surface area contributed by atoms with Crippen molar-refractivity contribution in [3.63, 3.8) is 0 Å². The van der Waals surface area contributed by atoms with Crippen molar-refractivity contribution >= 4 is 5.96 Å². The number of benzene rings is 1. The van der Waals surface area contributed by atoms with E-state index in [1.807, 2.05) is 32.3 Å². The first kappa shape index (κ1) is 23.4. The van der Waals surface area contributed by atoms with Gasteiger partial charge in [0.1, 0.15) is 12.4 Å². The standard InChI is InChI=1S/C22H39N5O2/c1-18(2)16-27-11-13-28-20(17-27)15-25-22(23-3)24-14-19-8-6-7-9-21(19)29-12-10-26(4)5/h6-9,18,20H,10-17H2,1-5H3,(H2,23,24,25). The van der Waals surface area contributed by atoms with Crippen LogP contribution in [0.25, 0.3) is 0 Å². The zero-order valence-electron chi connectivity index (χ0n) is 18.8. The first-order valence-corrected chi connectivity index (χ1v) is 10.6. The second kappa shape index (κ2) is 12.7. The fourth-order valence-corrected chi connectivity index (χ4v) is 3.33. The molecule has 0 radical (unpaired) electrons. The zero-order valence-corrected chi connectivity index (χ0v) is 18.8. The minimum atomic E-state index is 0.183. The summed E-state index contributed by atoms with van der Waals surface area (Å²) < 4.78 is 11.9. The summed E-state index contributed by atoms with van der Waals surface area (Å²) in [6, 6.07) is 8.14. The molecule has 7 nitrogen and oxygen atoms in total. The molecule has 1 heterocycles. The van der Waals surface area contributed by atoms with Gasteiger partial charge in [0, 0.05) is 51.9 Å². The average Bonchev–Trinajstić information content (AvgIpc) is 2.68. The summed E-state index contributed by atoms with van der Waals surface area (Å²) in [6.07, 6.45) is 0.183. The van der Waals surface area contributed by atoms with E-state index < -0.39 is 0 Å². The molecule has 0 spiro atoms. The molecule has 1 aromatic rings. The Bertz CT molecular complexity index is 621. The van der Waals surface area contributed by atoms with Crippen LogP contribution in [-0.2, 0) is 11.3 Å². The molecule has 1 fully saturated rings. The van der Waals surface area contributed by atoms with Gasteiger partial charge in [0.05, 0.1) is 12.7 Å². The van der Waals surface area contributed by atoms with Gasteiger partial charge in [-0.3, -0.25) is 9.89 Å². The van der Waals surface area contributed by atoms with E-state index in [1.165, 1.54) is 0 Å². The second-order valence-electron chi connectivity index (χ2n) is 8.21. The molecule has 1 unspecified atom stereocenters. The summed E-state index contributed by atoms with van der Waals surface area (Å²) in [7, 11) is 5.89. The quantitative estimate of drug-likeness (QED) is 0.456. The number of likely N-dealkylation sites (N-methyl/N-ethyl adjacent to an activating group) is 1. The maximum atomic E-state index is 5.94. The molecule has 0 bridgehead atoms. The molecule has 29 heavy (non-hydrogen) atoms. The van der Waals surface area contributed by atoms with Crippen molar-refractivity contribution in [2.45, 2.75) is 26.5 Å². The normalized spacial score (nSPS) is 18.3. The van der Waals surface area contributed by atoms with E-state index >= 15 is 0 Å². The molecule has 1 saturated heterocycles. The molecule has 2 rings (SSSR count). The molecule has 1 aliphatic heterocycles. The second-order valence-corrected chi connectivity index (χ2v) is 8.21.